The van der Waals surface area contributed by atoms with E-state index < -0.39 is 22.9 Å². The molecule has 4 aromatic rings. The molecule has 1 unspecified atom stereocenters. The number of nitrogens with zero attached hydrogens (tertiary/aromatic N) is 5. The molecule has 5 rings (SSSR count). The molecular formula is C28H29F2N5O4S. The lowest BCUT2D eigenvalue weighted by Crippen LogP contribution is -2.35. The van der Waals surface area contributed by atoms with E-state index in [0.29, 0.717) is 29.6 Å². The summed E-state index contributed by atoms with van der Waals surface area (Å²) in [4.78, 5) is 31.6. The van der Waals surface area contributed by atoms with Gasteiger partial charge in [0.05, 0.1) is 17.9 Å². The van der Waals surface area contributed by atoms with Gasteiger partial charge in [-0.25, -0.2) is 23.4 Å². The van der Waals surface area contributed by atoms with Gasteiger partial charge < -0.3 is 14.4 Å². The van der Waals surface area contributed by atoms with Crippen molar-refractivity contribution < 1.29 is 23.0 Å². The topological polar surface area (TPSA) is 91.5 Å². The number of benzene rings is 2. The van der Waals surface area contributed by atoms with Gasteiger partial charge in [-0.2, -0.15) is 9.78 Å². The highest BCUT2D eigenvalue weighted by Crippen LogP contribution is 2.38. The minimum absolute atomic E-state index is 0.107. The van der Waals surface area contributed by atoms with Gasteiger partial charge in [0, 0.05) is 24.6 Å². The number of thiazole rings is 1. The summed E-state index contributed by atoms with van der Waals surface area (Å²) in [7, 11) is 0. The highest BCUT2D eigenvalue weighted by Gasteiger charge is 2.32. The van der Waals surface area contributed by atoms with Crippen LogP contribution in [-0.2, 0) is 11.3 Å². The summed E-state index contributed by atoms with van der Waals surface area (Å²) < 4.78 is 41.9. The number of rotatable bonds is 6. The fourth-order valence-corrected chi connectivity index (χ4v) is 5.42. The van der Waals surface area contributed by atoms with Crippen LogP contribution >= 0.6 is 11.3 Å². The van der Waals surface area contributed by atoms with Gasteiger partial charge in [-0.1, -0.05) is 17.4 Å². The Kier molecular flexibility index (Phi) is 7.45. The first-order valence-electron chi connectivity index (χ1n) is 12.8. The number of amides is 1. The maximum atomic E-state index is 14.0. The zero-order valence-electron chi connectivity index (χ0n) is 22.6. The summed E-state index contributed by atoms with van der Waals surface area (Å²) in [5, 5.41) is 5.64. The zero-order chi connectivity index (χ0) is 28.6. The smallest absolute Gasteiger partial charge is 0.410 e. The summed E-state index contributed by atoms with van der Waals surface area (Å²) in [5.74, 6) is -0.799. The lowest BCUT2D eigenvalue weighted by Gasteiger charge is -2.24. The molecule has 1 atom stereocenters. The highest BCUT2D eigenvalue weighted by molar-refractivity contribution is 7.13. The van der Waals surface area contributed by atoms with Crippen molar-refractivity contribution >= 4 is 17.4 Å². The number of hydrogen-bond acceptors (Lipinski definition) is 7. The van der Waals surface area contributed by atoms with Gasteiger partial charge in [0.1, 0.15) is 34.3 Å². The SMILES string of the molecule is Cc1nc(C2CCN(C(=O)OC(C)(C)C)C2)sc1Oc1ccc(-n2ncn(Cc3c(F)cccc3F)c2=O)cc1. The van der Waals surface area contributed by atoms with Crippen LogP contribution in [-0.4, -0.2) is 49.0 Å². The van der Waals surface area contributed by atoms with Crippen LogP contribution in [0.2, 0.25) is 0 Å². The first kappa shape index (κ1) is 27.5. The van der Waals surface area contributed by atoms with Crippen molar-refractivity contribution in [3.05, 3.63) is 87.2 Å². The molecule has 0 saturated carbocycles. The molecule has 0 bridgehead atoms. The summed E-state index contributed by atoms with van der Waals surface area (Å²) in [5.41, 5.74) is -0.0631. The molecule has 0 aliphatic carbocycles. The molecule has 40 heavy (non-hydrogen) atoms. The van der Waals surface area contributed by atoms with Gasteiger partial charge >= 0.3 is 11.8 Å². The molecule has 9 nitrogen and oxygen atoms in total. The minimum Gasteiger partial charge on any atom is -0.445 e. The van der Waals surface area contributed by atoms with Gasteiger partial charge in [-0.15, -0.1) is 0 Å². The summed E-state index contributed by atoms with van der Waals surface area (Å²) in [6.07, 6.45) is 1.72. The van der Waals surface area contributed by atoms with Crippen molar-refractivity contribution in [2.75, 3.05) is 13.1 Å². The molecule has 1 aliphatic rings. The third kappa shape index (κ3) is 5.91. The average Bonchev–Trinajstić information content (AvgIpc) is 3.61. The molecule has 12 heteroatoms. The Bertz CT molecular complexity index is 1570. The number of ether oxygens (including phenoxy) is 2. The Balaban J connectivity index is 1.25. The summed E-state index contributed by atoms with van der Waals surface area (Å²) in [6, 6.07) is 10.3. The molecule has 1 amide bonds. The number of aryl methyl sites for hydroxylation is 1. The van der Waals surface area contributed by atoms with Crippen LogP contribution in [0.15, 0.2) is 53.6 Å². The predicted molar refractivity (Wildman–Crippen MR) is 145 cm³/mol. The Morgan fingerprint density at radius 1 is 1.12 bits per heavy atom. The maximum Gasteiger partial charge on any atom is 0.410 e. The number of hydrogen-bond donors (Lipinski definition) is 0. The monoisotopic (exact) mass is 569 g/mol. The molecule has 0 spiro atoms. The Hall–Kier alpha value is -4.06. The van der Waals surface area contributed by atoms with Crippen molar-refractivity contribution in [2.24, 2.45) is 0 Å². The second-order valence-electron chi connectivity index (χ2n) is 10.6. The van der Waals surface area contributed by atoms with Crippen LogP contribution < -0.4 is 10.4 Å². The Labute approximate surface area is 233 Å². The molecule has 0 N–H and O–H groups in total. The van der Waals surface area contributed by atoms with E-state index in [0.717, 1.165) is 38.5 Å². The van der Waals surface area contributed by atoms with E-state index >= 15 is 0 Å². The Morgan fingerprint density at radius 2 is 1.82 bits per heavy atom. The molecule has 3 heterocycles. The maximum absolute atomic E-state index is 14.0. The van der Waals surface area contributed by atoms with Crippen LogP contribution in [0, 0.1) is 18.6 Å². The van der Waals surface area contributed by atoms with E-state index in [1.807, 2.05) is 27.7 Å². The second kappa shape index (κ2) is 10.8. The quantitative estimate of drug-likeness (QED) is 0.298. The van der Waals surface area contributed by atoms with Crippen molar-refractivity contribution in [1.82, 2.24) is 24.2 Å². The molecule has 1 aliphatic heterocycles. The van der Waals surface area contributed by atoms with E-state index in [9.17, 15) is 18.4 Å². The van der Waals surface area contributed by atoms with E-state index in [2.05, 4.69) is 10.1 Å². The molecule has 1 fully saturated rings. The lowest BCUT2D eigenvalue weighted by atomic mass is 10.1. The minimum atomic E-state index is -0.726. The number of carbonyl (C=O) groups excluding carboxylic acids is 1. The molecule has 2 aromatic carbocycles. The van der Waals surface area contributed by atoms with Crippen molar-refractivity contribution in [3.8, 4) is 16.5 Å². The first-order chi connectivity index (χ1) is 19.0. The van der Waals surface area contributed by atoms with Gasteiger partial charge in [0.25, 0.3) is 0 Å². The fourth-order valence-electron chi connectivity index (χ4n) is 4.36. The van der Waals surface area contributed by atoms with Crippen molar-refractivity contribution in [1.29, 1.82) is 0 Å². The van der Waals surface area contributed by atoms with Gasteiger partial charge in [-0.05, 0) is 70.5 Å². The third-order valence-electron chi connectivity index (χ3n) is 6.38. The van der Waals surface area contributed by atoms with E-state index in [1.165, 1.54) is 23.7 Å². The van der Waals surface area contributed by atoms with Gasteiger partial charge in [-0.3, -0.25) is 4.57 Å². The summed E-state index contributed by atoms with van der Waals surface area (Å²) >= 11 is 1.44. The van der Waals surface area contributed by atoms with Crippen molar-refractivity contribution in [3.63, 3.8) is 0 Å². The zero-order valence-corrected chi connectivity index (χ0v) is 23.4. The van der Waals surface area contributed by atoms with Crippen LogP contribution in [0.3, 0.4) is 0 Å². The van der Waals surface area contributed by atoms with E-state index in [1.54, 1.807) is 29.2 Å². The van der Waals surface area contributed by atoms with E-state index in [4.69, 9.17) is 9.47 Å². The standard InChI is InChI=1S/C28H29F2N5O4S/c1-17-25(40-24(32-17)18-12-13-33(14-18)27(37)39-28(2,3)4)38-20-10-8-19(9-11-20)35-26(36)34(16-31-35)15-21-22(29)6-5-7-23(21)30/h5-11,16,18H,12-15H2,1-4H3. The molecular weight excluding hydrogens is 540 g/mol. The van der Waals surface area contributed by atoms with Gasteiger partial charge in [0.15, 0.2) is 0 Å². The first-order valence-corrected chi connectivity index (χ1v) is 13.6. The van der Waals surface area contributed by atoms with Gasteiger partial charge in [0.2, 0.25) is 5.06 Å². The molecule has 2 aromatic heterocycles. The predicted octanol–water partition coefficient (Wildman–Crippen LogP) is 5.64. The van der Waals surface area contributed by atoms with Crippen LogP contribution in [0.25, 0.3) is 5.69 Å². The Morgan fingerprint density at radius 3 is 2.50 bits per heavy atom. The number of carbonyl (C=O) groups is 1. The number of aromatic nitrogens is 4. The van der Waals surface area contributed by atoms with Crippen molar-refractivity contribution in [2.45, 2.75) is 52.2 Å². The number of halogens is 2. The normalized spacial score (nSPS) is 15.4. The fraction of sp³-hybridized carbons (Fsp3) is 0.357. The van der Waals surface area contributed by atoms with Crippen LogP contribution in [0.1, 0.15) is 49.4 Å². The van der Waals surface area contributed by atoms with Crippen LogP contribution in [0.4, 0.5) is 13.6 Å². The largest absolute Gasteiger partial charge is 0.445 e. The molecule has 0 radical (unpaired) electrons. The number of likely N-dealkylation sites (tertiary alicyclic amines) is 1. The highest BCUT2D eigenvalue weighted by atomic mass is 32.1. The lowest BCUT2D eigenvalue weighted by molar-refractivity contribution is 0.0292. The third-order valence-corrected chi connectivity index (χ3v) is 7.57. The average molecular weight is 570 g/mol. The second-order valence-corrected chi connectivity index (χ2v) is 11.6. The molecule has 210 valence electrons. The molecule has 1 saturated heterocycles. The van der Waals surface area contributed by atoms with Crippen LogP contribution in [0.5, 0.6) is 10.8 Å². The van der Waals surface area contributed by atoms with E-state index in [-0.39, 0.29) is 24.1 Å². The summed E-state index contributed by atoms with van der Waals surface area (Å²) in [6.45, 7) is 8.29.